The summed E-state index contributed by atoms with van der Waals surface area (Å²) in [6, 6.07) is 15.0. The molecule has 2 aromatic heterocycles. The number of aliphatic hydroxyl groups excluding tert-OH is 1. The van der Waals surface area contributed by atoms with E-state index < -0.39 is 17.7 Å². The Bertz CT molecular complexity index is 1410. The highest BCUT2D eigenvalue weighted by Crippen LogP contribution is 2.42. The molecule has 0 saturated carbocycles. The summed E-state index contributed by atoms with van der Waals surface area (Å²) in [5.74, 6) is -0.683. The van der Waals surface area contributed by atoms with E-state index in [1.54, 1.807) is 43.3 Å². The third-order valence-corrected chi connectivity index (χ3v) is 5.97. The number of carbonyl (C=O) groups is 2. The first-order valence-corrected chi connectivity index (χ1v) is 10.7. The number of ketones is 1. The zero-order chi connectivity index (χ0) is 22.6. The molecule has 2 N–H and O–H groups in total. The largest absolute Gasteiger partial charge is 0.507 e. The molecule has 0 aliphatic carbocycles. The number of nitrogens with zero attached hydrogens (tertiary/aromatic N) is 2. The van der Waals surface area contributed by atoms with E-state index in [1.165, 1.54) is 4.90 Å². The number of H-pyrrole nitrogens is 1. The fourth-order valence-electron chi connectivity index (χ4n) is 3.91. The lowest BCUT2D eigenvalue weighted by Gasteiger charge is -2.20. The van der Waals surface area contributed by atoms with Crippen LogP contribution in [0, 0.1) is 13.8 Å². The summed E-state index contributed by atoms with van der Waals surface area (Å²) in [6.07, 6.45) is 0. The van der Waals surface area contributed by atoms with Crippen LogP contribution in [0.1, 0.15) is 28.7 Å². The molecular formula is C24H18BrN3O4. The zero-order valence-corrected chi connectivity index (χ0v) is 18.8. The number of nitrogens with one attached hydrogen (secondary N) is 1. The summed E-state index contributed by atoms with van der Waals surface area (Å²) in [5.41, 5.74) is 2.80. The van der Waals surface area contributed by atoms with E-state index in [2.05, 4.69) is 25.9 Å². The van der Waals surface area contributed by atoms with Gasteiger partial charge in [-0.1, -0.05) is 34.1 Å². The number of carbonyl (C=O) groups excluding carboxylic acids is 2. The highest BCUT2D eigenvalue weighted by Gasteiger charge is 2.49. The molecule has 0 radical (unpaired) electrons. The monoisotopic (exact) mass is 491 g/mol. The number of furan rings is 1. The number of fused-ring (bicyclic) bond motifs is 1. The molecule has 8 heteroatoms. The Hall–Kier alpha value is -3.65. The van der Waals surface area contributed by atoms with Crippen LogP contribution in [0.5, 0.6) is 0 Å². The second-order valence-corrected chi connectivity index (χ2v) is 8.62. The van der Waals surface area contributed by atoms with Crippen LogP contribution in [0.2, 0.25) is 0 Å². The topological polar surface area (TPSA) is 99.4 Å². The lowest BCUT2D eigenvalue weighted by molar-refractivity contribution is -0.132. The average Bonchev–Trinajstić information content (AvgIpc) is 3.44. The van der Waals surface area contributed by atoms with E-state index >= 15 is 0 Å². The molecule has 32 heavy (non-hydrogen) atoms. The molecule has 1 aliphatic rings. The fourth-order valence-corrected chi connectivity index (χ4v) is 4.17. The van der Waals surface area contributed by atoms with E-state index in [0.717, 1.165) is 15.6 Å². The van der Waals surface area contributed by atoms with Crippen molar-refractivity contribution in [1.29, 1.82) is 0 Å². The van der Waals surface area contributed by atoms with Gasteiger partial charge >= 0.3 is 5.91 Å². The fraction of sp³-hybridized carbons (Fsp3) is 0.125. The van der Waals surface area contributed by atoms with Crippen LogP contribution < -0.4 is 4.90 Å². The highest BCUT2D eigenvalue weighted by atomic mass is 79.9. The Kier molecular flexibility index (Phi) is 4.74. The second kappa shape index (κ2) is 7.49. The third kappa shape index (κ3) is 3.23. The lowest BCUT2D eigenvalue weighted by atomic mass is 9.99. The van der Waals surface area contributed by atoms with Gasteiger partial charge in [0.25, 0.3) is 5.78 Å². The minimum absolute atomic E-state index is 0.0525. The zero-order valence-electron chi connectivity index (χ0n) is 17.2. The maximum atomic E-state index is 13.2. The van der Waals surface area contributed by atoms with Gasteiger partial charge in [0.05, 0.1) is 16.6 Å². The summed E-state index contributed by atoms with van der Waals surface area (Å²) in [6.45, 7) is 3.73. The first kappa shape index (κ1) is 20.3. The summed E-state index contributed by atoms with van der Waals surface area (Å²) >= 11 is 3.36. The third-order valence-electron chi connectivity index (χ3n) is 5.45. The van der Waals surface area contributed by atoms with Crippen molar-refractivity contribution in [2.75, 3.05) is 4.90 Å². The predicted octanol–water partition coefficient (Wildman–Crippen LogP) is 5.16. The van der Waals surface area contributed by atoms with Crippen LogP contribution in [-0.2, 0) is 9.59 Å². The van der Waals surface area contributed by atoms with Gasteiger partial charge in [-0.3, -0.25) is 14.5 Å². The molecule has 1 aliphatic heterocycles. The molecule has 5 rings (SSSR count). The van der Waals surface area contributed by atoms with Crippen molar-refractivity contribution in [2.24, 2.45) is 0 Å². The molecule has 2 aromatic carbocycles. The van der Waals surface area contributed by atoms with Crippen molar-refractivity contribution in [1.82, 2.24) is 9.97 Å². The average molecular weight is 492 g/mol. The Morgan fingerprint density at radius 2 is 1.84 bits per heavy atom. The number of benzene rings is 2. The van der Waals surface area contributed by atoms with Gasteiger partial charge < -0.3 is 14.5 Å². The summed E-state index contributed by atoms with van der Waals surface area (Å²) in [7, 11) is 0. The maximum Gasteiger partial charge on any atom is 0.302 e. The van der Waals surface area contributed by atoms with Crippen LogP contribution in [0.25, 0.3) is 16.8 Å². The van der Waals surface area contributed by atoms with E-state index in [9.17, 15) is 14.7 Å². The number of rotatable bonds is 3. The minimum Gasteiger partial charge on any atom is -0.507 e. The molecule has 7 nitrogen and oxygen atoms in total. The van der Waals surface area contributed by atoms with Gasteiger partial charge in [0.2, 0.25) is 5.95 Å². The van der Waals surface area contributed by atoms with Crippen LogP contribution in [-0.4, -0.2) is 26.8 Å². The number of aromatic nitrogens is 2. The van der Waals surface area contributed by atoms with Gasteiger partial charge in [-0.25, -0.2) is 4.98 Å². The summed E-state index contributed by atoms with van der Waals surface area (Å²) < 4.78 is 6.63. The van der Waals surface area contributed by atoms with Gasteiger partial charge in [0.15, 0.2) is 0 Å². The van der Waals surface area contributed by atoms with Gasteiger partial charge in [-0.2, -0.15) is 0 Å². The van der Waals surface area contributed by atoms with E-state index in [0.29, 0.717) is 22.6 Å². The van der Waals surface area contributed by atoms with Crippen LogP contribution in [0.3, 0.4) is 0 Å². The highest BCUT2D eigenvalue weighted by molar-refractivity contribution is 9.10. The second-order valence-electron chi connectivity index (χ2n) is 7.71. The normalized spacial score (nSPS) is 18.1. The van der Waals surface area contributed by atoms with Gasteiger partial charge in [-0.15, -0.1) is 0 Å². The Morgan fingerprint density at radius 3 is 2.53 bits per heavy atom. The molecule has 4 aromatic rings. The van der Waals surface area contributed by atoms with Gasteiger partial charge in [0, 0.05) is 10.0 Å². The van der Waals surface area contributed by atoms with Crippen molar-refractivity contribution >= 4 is 50.4 Å². The number of amides is 1. The predicted molar refractivity (Wildman–Crippen MR) is 123 cm³/mol. The molecule has 0 spiro atoms. The number of aromatic amines is 1. The van der Waals surface area contributed by atoms with Crippen molar-refractivity contribution < 1.29 is 19.1 Å². The van der Waals surface area contributed by atoms with Crippen LogP contribution >= 0.6 is 15.9 Å². The number of hydrogen-bond donors (Lipinski definition) is 2. The van der Waals surface area contributed by atoms with Crippen molar-refractivity contribution in [3.05, 3.63) is 87.3 Å². The summed E-state index contributed by atoms with van der Waals surface area (Å²) in [5, 5.41) is 11.1. The van der Waals surface area contributed by atoms with E-state index in [4.69, 9.17) is 4.42 Å². The Balaban J connectivity index is 1.72. The molecule has 1 atom stereocenters. The molecule has 1 saturated heterocycles. The number of aliphatic hydroxyl groups is 1. The van der Waals surface area contributed by atoms with E-state index in [-0.39, 0.29) is 17.3 Å². The number of imidazole rings is 1. The van der Waals surface area contributed by atoms with Gasteiger partial charge in [-0.05, 0) is 55.8 Å². The number of aryl methyl sites for hydroxylation is 2. The van der Waals surface area contributed by atoms with Gasteiger partial charge in [0.1, 0.15) is 23.3 Å². The Labute approximate surface area is 191 Å². The van der Waals surface area contributed by atoms with Crippen LogP contribution in [0.15, 0.2) is 69.1 Å². The standard InChI is InChI=1S/C24H18BrN3O4/c1-12-3-9-16-17(11-12)27-24(26-16)28-20(18-10-4-13(2)32-18)19(22(30)23(28)31)21(29)14-5-7-15(25)8-6-14/h3-11,20,29H,1-2H3,(H,26,27)/b21-19+. The minimum atomic E-state index is -0.964. The van der Waals surface area contributed by atoms with Crippen molar-refractivity contribution in [3.8, 4) is 0 Å². The maximum absolute atomic E-state index is 13.2. The molecule has 1 unspecified atom stereocenters. The molecule has 1 fully saturated rings. The smallest absolute Gasteiger partial charge is 0.302 e. The molecule has 160 valence electrons. The Morgan fingerprint density at radius 1 is 1.09 bits per heavy atom. The number of halogens is 1. The number of hydrogen-bond acceptors (Lipinski definition) is 5. The van der Waals surface area contributed by atoms with Crippen LogP contribution in [0.4, 0.5) is 5.95 Å². The first-order valence-electron chi connectivity index (χ1n) is 9.93. The number of Topliss-reactive ketones (excluding diaryl/α,β-unsaturated/α-hetero) is 1. The number of anilines is 1. The molecular weight excluding hydrogens is 474 g/mol. The molecule has 0 bridgehead atoms. The van der Waals surface area contributed by atoms with Crippen molar-refractivity contribution in [2.45, 2.75) is 19.9 Å². The quantitative estimate of drug-likeness (QED) is 0.234. The molecule has 3 heterocycles. The summed E-state index contributed by atoms with van der Waals surface area (Å²) in [4.78, 5) is 35.2. The molecule has 1 amide bonds. The van der Waals surface area contributed by atoms with Crippen molar-refractivity contribution in [3.63, 3.8) is 0 Å². The lowest BCUT2D eigenvalue weighted by Crippen LogP contribution is -2.30. The van der Waals surface area contributed by atoms with E-state index in [1.807, 2.05) is 25.1 Å². The first-order chi connectivity index (χ1) is 15.3. The SMILES string of the molecule is Cc1ccc2nc(N3C(=O)C(=O)/C(=C(/O)c4ccc(Br)cc4)C3c3ccc(C)o3)[nH]c2c1.